The molecule has 0 unspecified atom stereocenters. The maximum absolute atomic E-state index is 12.6. The van der Waals surface area contributed by atoms with Crippen LogP contribution >= 0.6 is 0 Å². The monoisotopic (exact) mass is 348 g/mol. The number of para-hydroxylation sites is 1. The van der Waals surface area contributed by atoms with Gasteiger partial charge in [-0.05, 0) is 42.0 Å². The fourth-order valence-electron chi connectivity index (χ4n) is 2.57. The average Bonchev–Trinajstić information content (AvgIpc) is 3.15. The van der Waals surface area contributed by atoms with Gasteiger partial charge in [0.15, 0.2) is 11.5 Å². The third-order valence-electron chi connectivity index (χ3n) is 3.86. The molecule has 0 spiro atoms. The lowest BCUT2D eigenvalue weighted by Gasteiger charge is -2.10. The molecule has 6 heteroatoms. The number of fused-ring (bicyclic) bond motifs is 1. The number of hydrogen-bond donors (Lipinski definition) is 1. The van der Waals surface area contributed by atoms with Crippen LogP contribution in [0.2, 0.25) is 0 Å². The van der Waals surface area contributed by atoms with Crippen LogP contribution in [0.5, 0.6) is 23.1 Å². The van der Waals surface area contributed by atoms with Crippen molar-refractivity contribution in [3.8, 4) is 23.1 Å². The quantitative estimate of drug-likeness (QED) is 0.764. The summed E-state index contributed by atoms with van der Waals surface area (Å²) >= 11 is 0. The smallest absolute Gasteiger partial charge is 0.257 e. The van der Waals surface area contributed by atoms with Crippen molar-refractivity contribution < 1.29 is 19.0 Å². The number of pyridine rings is 1. The van der Waals surface area contributed by atoms with Crippen molar-refractivity contribution in [2.75, 3.05) is 6.79 Å². The van der Waals surface area contributed by atoms with E-state index in [9.17, 15) is 4.79 Å². The molecule has 0 aliphatic carbocycles. The molecule has 26 heavy (non-hydrogen) atoms. The Morgan fingerprint density at radius 3 is 2.77 bits per heavy atom. The lowest BCUT2D eigenvalue weighted by molar-refractivity contribution is 0.0948. The topological polar surface area (TPSA) is 69.7 Å². The van der Waals surface area contributed by atoms with Crippen LogP contribution in [0.4, 0.5) is 0 Å². The summed E-state index contributed by atoms with van der Waals surface area (Å²) in [4.78, 5) is 16.8. The zero-order chi connectivity index (χ0) is 17.8. The molecular formula is C20H16N2O4. The highest BCUT2D eigenvalue weighted by molar-refractivity contribution is 5.96. The molecule has 6 nitrogen and oxygen atoms in total. The molecule has 1 aromatic heterocycles. The van der Waals surface area contributed by atoms with Crippen molar-refractivity contribution >= 4 is 5.91 Å². The number of ether oxygens (including phenoxy) is 3. The van der Waals surface area contributed by atoms with Gasteiger partial charge < -0.3 is 19.5 Å². The van der Waals surface area contributed by atoms with Crippen LogP contribution in [0.3, 0.4) is 0 Å². The molecular weight excluding hydrogens is 332 g/mol. The van der Waals surface area contributed by atoms with E-state index in [2.05, 4.69) is 10.3 Å². The molecule has 2 aromatic carbocycles. The fraction of sp³-hybridized carbons (Fsp3) is 0.100. The number of aromatic nitrogens is 1. The van der Waals surface area contributed by atoms with E-state index in [0.717, 1.165) is 5.56 Å². The third kappa shape index (κ3) is 3.44. The minimum absolute atomic E-state index is 0.223. The molecule has 0 fully saturated rings. The van der Waals surface area contributed by atoms with Crippen molar-refractivity contribution in [3.63, 3.8) is 0 Å². The Morgan fingerprint density at radius 2 is 1.88 bits per heavy atom. The van der Waals surface area contributed by atoms with E-state index in [-0.39, 0.29) is 18.6 Å². The Bertz CT molecular complexity index is 928. The molecule has 1 aliphatic rings. The van der Waals surface area contributed by atoms with Gasteiger partial charge in [0.05, 0.1) is 0 Å². The second-order valence-corrected chi connectivity index (χ2v) is 5.64. The highest BCUT2D eigenvalue weighted by atomic mass is 16.7. The second kappa shape index (κ2) is 7.14. The Balaban J connectivity index is 1.46. The van der Waals surface area contributed by atoms with Gasteiger partial charge in [-0.1, -0.05) is 24.3 Å². The second-order valence-electron chi connectivity index (χ2n) is 5.64. The predicted octanol–water partition coefficient (Wildman–Crippen LogP) is 3.53. The van der Waals surface area contributed by atoms with Crippen LogP contribution < -0.4 is 19.5 Å². The van der Waals surface area contributed by atoms with Crippen LogP contribution in [-0.4, -0.2) is 17.7 Å². The van der Waals surface area contributed by atoms with Gasteiger partial charge in [-0.2, -0.15) is 0 Å². The molecule has 2 heterocycles. The van der Waals surface area contributed by atoms with E-state index in [4.69, 9.17) is 14.2 Å². The molecule has 0 bridgehead atoms. The Morgan fingerprint density at radius 1 is 1.04 bits per heavy atom. The Labute approximate surface area is 150 Å². The number of nitrogens with zero attached hydrogens (tertiary/aromatic N) is 1. The molecule has 0 saturated heterocycles. The van der Waals surface area contributed by atoms with Gasteiger partial charge >= 0.3 is 0 Å². The molecule has 1 N–H and O–H groups in total. The zero-order valence-corrected chi connectivity index (χ0v) is 13.8. The lowest BCUT2D eigenvalue weighted by atomic mass is 10.2. The maximum atomic E-state index is 12.6. The van der Waals surface area contributed by atoms with E-state index >= 15 is 0 Å². The Hall–Kier alpha value is -3.54. The van der Waals surface area contributed by atoms with Crippen LogP contribution in [0.15, 0.2) is 66.9 Å². The van der Waals surface area contributed by atoms with E-state index in [0.29, 0.717) is 29.4 Å². The van der Waals surface area contributed by atoms with E-state index in [1.54, 1.807) is 18.3 Å². The predicted molar refractivity (Wildman–Crippen MR) is 94.5 cm³/mol. The number of amides is 1. The first-order valence-electron chi connectivity index (χ1n) is 8.14. The van der Waals surface area contributed by atoms with Crippen LogP contribution in [0, 0.1) is 0 Å². The van der Waals surface area contributed by atoms with Crippen molar-refractivity contribution in [2.24, 2.45) is 0 Å². The van der Waals surface area contributed by atoms with Crippen LogP contribution in [0.1, 0.15) is 15.9 Å². The number of carbonyl (C=O) groups excluding carboxylic acids is 1. The number of nitrogens with one attached hydrogen (secondary N) is 1. The van der Waals surface area contributed by atoms with E-state index in [1.807, 2.05) is 48.5 Å². The van der Waals surface area contributed by atoms with Gasteiger partial charge in [0, 0.05) is 12.7 Å². The molecule has 0 saturated carbocycles. The third-order valence-corrected chi connectivity index (χ3v) is 3.86. The fourth-order valence-corrected chi connectivity index (χ4v) is 2.57. The summed E-state index contributed by atoms with van der Waals surface area (Å²) in [7, 11) is 0. The number of benzene rings is 2. The van der Waals surface area contributed by atoms with Gasteiger partial charge in [0.1, 0.15) is 11.3 Å². The number of carbonyl (C=O) groups is 1. The SMILES string of the molecule is O=C(NCc1ccc2c(c1)OCO2)c1cccnc1Oc1ccccc1. The summed E-state index contributed by atoms with van der Waals surface area (Å²) in [6.45, 7) is 0.580. The van der Waals surface area contributed by atoms with E-state index < -0.39 is 0 Å². The highest BCUT2D eigenvalue weighted by Crippen LogP contribution is 2.32. The number of rotatable bonds is 5. The van der Waals surface area contributed by atoms with Crippen molar-refractivity contribution in [3.05, 3.63) is 78.0 Å². The molecule has 4 rings (SSSR count). The standard InChI is InChI=1S/C20H16N2O4/c23-19(22-12-14-8-9-17-18(11-14)25-13-24-17)16-7-4-10-21-20(16)26-15-5-2-1-3-6-15/h1-11H,12-13H2,(H,22,23). The summed E-state index contributed by atoms with van der Waals surface area (Å²) in [5.74, 6) is 2.02. The minimum Gasteiger partial charge on any atom is -0.454 e. The molecule has 0 atom stereocenters. The van der Waals surface area contributed by atoms with Crippen molar-refractivity contribution in [2.45, 2.75) is 6.54 Å². The maximum Gasteiger partial charge on any atom is 0.257 e. The molecule has 1 aliphatic heterocycles. The summed E-state index contributed by atoms with van der Waals surface area (Å²) < 4.78 is 16.4. The summed E-state index contributed by atoms with van der Waals surface area (Å²) in [6, 6.07) is 18.2. The first-order chi connectivity index (χ1) is 12.8. The number of hydrogen-bond acceptors (Lipinski definition) is 5. The molecule has 130 valence electrons. The summed E-state index contributed by atoms with van der Waals surface area (Å²) in [6.07, 6.45) is 1.59. The first kappa shape index (κ1) is 16.0. The van der Waals surface area contributed by atoms with Crippen LogP contribution in [0.25, 0.3) is 0 Å². The van der Waals surface area contributed by atoms with Crippen LogP contribution in [-0.2, 0) is 6.54 Å². The highest BCUT2D eigenvalue weighted by Gasteiger charge is 2.16. The zero-order valence-electron chi connectivity index (χ0n) is 13.8. The lowest BCUT2D eigenvalue weighted by Crippen LogP contribution is -2.23. The van der Waals surface area contributed by atoms with Gasteiger partial charge in [0.25, 0.3) is 5.91 Å². The largest absolute Gasteiger partial charge is 0.454 e. The molecule has 3 aromatic rings. The Kier molecular flexibility index (Phi) is 4.38. The van der Waals surface area contributed by atoms with Gasteiger partial charge in [-0.15, -0.1) is 0 Å². The average molecular weight is 348 g/mol. The summed E-state index contributed by atoms with van der Waals surface area (Å²) in [5.41, 5.74) is 1.29. The van der Waals surface area contributed by atoms with Gasteiger partial charge in [-0.3, -0.25) is 4.79 Å². The van der Waals surface area contributed by atoms with Gasteiger partial charge in [-0.25, -0.2) is 4.98 Å². The summed E-state index contributed by atoms with van der Waals surface area (Å²) in [5, 5.41) is 2.88. The molecule has 0 radical (unpaired) electrons. The van der Waals surface area contributed by atoms with Crippen molar-refractivity contribution in [1.82, 2.24) is 10.3 Å². The van der Waals surface area contributed by atoms with Gasteiger partial charge in [0.2, 0.25) is 12.7 Å². The normalized spacial score (nSPS) is 11.8. The molecule has 1 amide bonds. The first-order valence-corrected chi connectivity index (χ1v) is 8.14. The van der Waals surface area contributed by atoms with Crippen molar-refractivity contribution in [1.29, 1.82) is 0 Å². The minimum atomic E-state index is -0.262. The van der Waals surface area contributed by atoms with E-state index in [1.165, 1.54) is 0 Å².